The topological polar surface area (TPSA) is 102 Å². The second kappa shape index (κ2) is 10.5. The van der Waals surface area contributed by atoms with Gasteiger partial charge in [0.05, 0.1) is 30.5 Å². The van der Waals surface area contributed by atoms with Gasteiger partial charge in [-0.2, -0.15) is 0 Å². The molecule has 0 aliphatic rings. The van der Waals surface area contributed by atoms with Crippen LogP contribution in [0.1, 0.15) is 41.7 Å². The Morgan fingerprint density at radius 2 is 1.96 bits per heavy atom. The maximum atomic E-state index is 11.5. The van der Waals surface area contributed by atoms with Gasteiger partial charge in [-0.1, -0.05) is 12.1 Å². The molecule has 0 unspecified atom stereocenters. The number of ether oxygens (including phenoxy) is 1. The third-order valence-electron chi connectivity index (χ3n) is 4.55. The molecule has 156 valence electrons. The van der Waals surface area contributed by atoms with Crippen molar-refractivity contribution in [1.82, 2.24) is 0 Å². The number of nitrogens with zero attached hydrogens (tertiary/aromatic N) is 1. The van der Waals surface area contributed by atoms with Crippen molar-refractivity contribution in [3.63, 3.8) is 0 Å². The van der Waals surface area contributed by atoms with E-state index in [2.05, 4.69) is 0 Å². The molecule has 6 nitrogen and oxygen atoms in total. The molecule has 1 aromatic carbocycles. The van der Waals surface area contributed by atoms with E-state index in [1.54, 1.807) is 16.3 Å². The van der Waals surface area contributed by atoms with Gasteiger partial charge in [-0.05, 0) is 64.3 Å². The van der Waals surface area contributed by atoms with E-state index in [9.17, 15) is 4.79 Å². The number of hydrogen-bond donors (Lipinski definition) is 3. The fourth-order valence-corrected chi connectivity index (χ4v) is 3.98. The van der Waals surface area contributed by atoms with Crippen molar-refractivity contribution >= 4 is 28.7 Å². The summed E-state index contributed by atoms with van der Waals surface area (Å²) in [5.74, 6) is 5.51. The van der Waals surface area contributed by atoms with Crippen LogP contribution in [0.15, 0.2) is 24.3 Å². The van der Waals surface area contributed by atoms with Gasteiger partial charge in [0, 0.05) is 16.3 Å². The summed E-state index contributed by atoms with van der Waals surface area (Å²) in [6.07, 6.45) is 0.644. The zero-order valence-electron chi connectivity index (χ0n) is 17.7. The van der Waals surface area contributed by atoms with Crippen LogP contribution >= 0.6 is 11.3 Å². The van der Waals surface area contributed by atoms with Crippen LogP contribution in [0.25, 0.3) is 0 Å². The maximum absolute atomic E-state index is 11.5. The normalized spacial score (nSPS) is 10.9. The molecule has 5 N–H and O–H groups in total. The minimum Gasteiger partial charge on any atom is -0.469 e. The molecular weight excluding hydrogens is 374 g/mol. The third kappa shape index (κ3) is 6.22. The predicted octanol–water partition coefficient (Wildman–Crippen LogP) is 3.57. The average Bonchev–Trinajstić information content (AvgIpc) is 3.01. The number of aryl methyl sites for hydroxylation is 2. The van der Waals surface area contributed by atoms with Gasteiger partial charge in [0.1, 0.15) is 0 Å². The highest BCUT2D eigenvalue weighted by Gasteiger charge is 2.29. The van der Waals surface area contributed by atoms with E-state index in [0.29, 0.717) is 6.42 Å². The second-order valence-corrected chi connectivity index (χ2v) is 8.64. The lowest BCUT2D eigenvalue weighted by Crippen LogP contribution is -2.31. The number of aliphatic hydroxyl groups is 1. The van der Waals surface area contributed by atoms with Gasteiger partial charge in [0.15, 0.2) is 0 Å². The van der Waals surface area contributed by atoms with Gasteiger partial charge >= 0.3 is 5.97 Å². The van der Waals surface area contributed by atoms with Crippen LogP contribution in [0.3, 0.4) is 0 Å². The molecule has 0 saturated heterocycles. The minimum absolute atomic E-state index is 0.0565. The standard InChI is InChI=1S/C12H18O3S.C9H15N3/c1-8-9(7-13)5-10(16-8)6-12(2,3)11(14)15-4;1-3-12(11)8-6-4-5-7(2)9(8)10/h5,13H,6-7H2,1-4H3;4-6H,3,10-11H2,1-2H3. The van der Waals surface area contributed by atoms with Crippen LogP contribution < -0.4 is 16.6 Å². The Kier molecular flexibility index (Phi) is 8.94. The fraction of sp³-hybridized carbons (Fsp3) is 0.476. The number of hydrogen-bond acceptors (Lipinski definition) is 7. The monoisotopic (exact) mass is 407 g/mol. The molecule has 0 radical (unpaired) electrons. The predicted molar refractivity (Wildman–Crippen MR) is 117 cm³/mol. The largest absolute Gasteiger partial charge is 0.469 e. The van der Waals surface area contributed by atoms with Gasteiger partial charge in [-0.3, -0.25) is 4.79 Å². The molecule has 2 aromatic rings. The Morgan fingerprint density at radius 3 is 2.46 bits per heavy atom. The average molecular weight is 408 g/mol. The lowest BCUT2D eigenvalue weighted by molar-refractivity contribution is -0.150. The van der Waals surface area contributed by atoms with E-state index >= 15 is 0 Å². The van der Waals surface area contributed by atoms with Crippen molar-refractivity contribution in [3.05, 3.63) is 45.1 Å². The summed E-state index contributed by atoms with van der Waals surface area (Å²) in [6, 6.07) is 7.81. The quantitative estimate of drug-likeness (QED) is 0.293. The van der Waals surface area contributed by atoms with Crippen molar-refractivity contribution in [2.45, 2.75) is 47.6 Å². The number of nitrogen functional groups attached to an aromatic ring is 1. The van der Waals surface area contributed by atoms with Crippen LogP contribution in [0, 0.1) is 19.3 Å². The number of para-hydroxylation sites is 1. The summed E-state index contributed by atoms with van der Waals surface area (Å²) in [5.41, 5.74) is 9.00. The van der Waals surface area contributed by atoms with E-state index in [1.807, 2.05) is 58.9 Å². The zero-order valence-corrected chi connectivity index (χ0v) is 18.5. The number of methoxy groups -OCH3 is 1. The highest BCUT2D eigenvalue weighted by atomic mass is 32.1. The number of anilines is 2. The first kappa shape index (κ1) is 23.9. The van der Waals surface area contributed by atoms with Crippen molar-refractivity contribution < 1.29 is 14.6 Å². The SMILES string of the molecule is CCN(N)c1cccc(C)c1N.COC(=O)C(C)(C)Cc1cc(CO)c(C)s1. The van der Waals surface area contributed by atoms with Crippen LogP contribution in [0.2, 0.25) is 0 Å². The van der Waals surface area contributed by atoms with Crippen molar-refractivity contribution in [2.24, 2.45) is 11.3 Å². The number of carbonyl (C=O) groups is 1. The number of carbonyl (C=O) groups excluding carboxylic acids is 1. The van der Waals surface area contributed by atoms with E-state index < -0.39 is 5.41 Å². The summed E-state index contributed by atoms with van der Waals surface area (Å²) in [6.45, 7) is 10.5. The highest BCUT2D eigenvalue weighted by Crippen LogP contribution is 2.30. The maximum Gasteiger partial charge on any atom is 0.311 e. The molecule has 0 saturated carbocycles. The Balaban J connectivity index is 0.000000292. The van der Waals surface area contributed by atoms with E-state index in [1.165, 1.54) is 7.11 Å². The Labute approximate surface area is 172 Å². The number of thiophene rings is 1. The highest BCUT2D eigenvalue weighted by molar-refractivity contribution is 7.12. The number of esters is 1. The summed E-state index contributed by atoms with van der Waals surface area (Å²) in [5, 5.41) is 10.7. The van der Waals surface area contributed by atoms with E-state index in [0.717, 1.165) is 38.8 Å². The van der Waals surface area contributed by atoms with Crippen molar-refractivity contribution in [3.8, 4) is 0 Å². The Morgan fingerprint density at radius 1 is 1.32 bits per heavy atom. The first-order valence-electron chi connectivity index (χ1n) is 9.22. The minimum atomic E-state index is -0.515. The smallest absolute Gasteiger partial charge is 0.311 e. The third-order valence-corrected chi connectivity index (χ3v) is 5.64. The van der Waals surface area contributed by atoms with E-state index in [-0.39, 0.29) is 12.6 Å². The zero-order chi connectivity index (χ0) is 21.5. The lowest BCUT2D eigenvalue weighted by Gasteiger charge is -2.20. The first-order chi connectivity index (χ1) is 13.1. The lowest BCUT2D eigenvalue weighted by atomic mass is 9.89. The van der Waals surface area contributed by atoms with Crippen LogP contribution in [-0.2, 0) is 22.6 Å². The first-order valence-corrected chi connectivity index (χ1v) is 10.0. The molecule has 0 aliphatic heterocycles. The molecule has 0 spiro atoms. The Bertz CT molecular complexity index is 787. The van der Waals surface area contributed by atoms with Crippen LogP contribution in [-0.4, -0.2) is 24.7 Å². The Hall–Kier alpha value is -2.09. The fourth-order valence-electron chi connectivity index (χ4n) is 2.70. The van der Waals surface area contributed by atoms with Crippen molar-refractivity contribution in [1.29, 1.82) is 0 Å². The number of nitrogens with two attached hydrogens (primary N) is 2. The van der Waals surface area contributed by atoms with Crippen LogP contribution in [0.4, 0.5) is 11.4 Å². The number of benzene rings is 1. The molecule has 7 heteroatoms. The summed E-state index contributed by atoms with van der Waals surface area (Å²) >= 11 is 1.63. The molecule has 1 aromatic heterocycles. The van der Waals surface area contributed by atoms with Gasteiger partial charge in [0.25, 0.3) is 0 Å². The summed E-state index contributed by atoms with van der Waals surface area (Å²) in [4.78, 5) is 13.7. The molecule has 0 atom stereocenters. The molecule has 0 bridgehead atoms. The van der Waals surface area contributed by atoms with E-state index in [4.69, 9.17) is 21.4 Å². The van der Waals surface area contributed by atoms with Gasteiger partial charge in [0.2, 0.25) is 0 Å². The second-order valence-electron chi connectivity index (χ2n) is 7.30. The van der Waals surface area contributed by atoms with Gasteiger partial charge < -0.3 is 20.6 Å². The molecule has 2 rings (SSSR count). The summed E-state index contributed by atoms with van der Waals surface area (Å²) < 4.78 is 4.77. The molecule has 0 fully saturated rings. The molecule has 28 heavy (non-hydrogen) atoms. The molecule has 1 heterocycles. The van der Waals surface area contributed by atoms with Gasteiger partial charge in [-0.15, -0.1) is 11.3 Å². The van der Waals surface area contributed by atoms with Crippen molar-refractivity contribution in [2.75, 3.05) is 24.4 Å². The molecule has 0 amide bonds. The summed E-state index contributed by atoms with van der Waals surface area (Å²) in [7, 11) is 1.41. The molecule has 0 aliphatic carbocycles. The number of hydrazine groups is 1. The van der Waals surface area contributed by atoms with Gasteiger partial charge in [-0.25, -0.2) is 5.84 Å². The number of aliphatic hydroxyl groups excluding tert-OH is 1. The number of rotatable bonds is 6. The molecular formula is C21H33N3O3S. The van der Waals surface area contributed by atoms with Crippen LogP contribution in [0.5, 0.6) is 0 Å².